The molecule has 53 heavy (non-hydrogen) atoms. The lowest BCUT2D eigenvalue weighted by Crippen LogP contribution is -2.43. The number of hydrogen-bond donors (Lipinski definition) is 1. The number of hydrogen-bond acceptors (Lipinski definition) is 5. The van der Waals surface area contributed by atoms with Crippen molar-refractivity contribution in [2.24, 2.45) is 14.1 Å². The van der Waals surface area contributed by atoms with Crippen LogP contribution in [0, 0.1) is 27.7 Å². The van der Waals surface area contributed by atoms with Crippen LogP contribution in [-0.2, 0) is 31.9 Å². The van der Waals surface area contributed by atoms with E-state index in [0.29, 0.717) is 54.5 Å². The van der Waals surface area contributed by atoms with E-state index in [-0.39, 0.29) is 17.6 Å². The number of rotatable bonds is 10. The second-order valence-electron chi connectivity index (χ2n) is 14.2. The summed E-state index contributed by atoms with van der Waals surface area (Å²) in [5, 5.41) is 17.7. The predicted octanol–water partition coefficient (Wildman–Crippen LogP) is 9.15. The number of benzene rings is 3. The molecule has 4 heterocycles. The second-order valence-corrected chi connectivity index (χ2v) is 14.9. The van der Waals surface area contributed by atoms with Gasteiger partial charge in [0.2, 0.25) is 0 Å². The average Bonchev–Trinajstić information content (AvgIpc) is 3.71. The van der Waals surface area contributed by atoms with Gasteiger partial charge in [0.05, 0.1) is 40.7 Å². The molecule has 12 heteroatoms. The van der Waals surface area contributed by atoms with E-state index in [1.165, 1.54) is 0 Å². The highest BCUT2D eigenvalue weighted by molar-refractivity contribution is 6.35. The molecule has 276 valence electrons. The molecule has 3 aromatic carbocycles. The molecule has 0 spiro atoms. The van der Waals surface area contributed by atoms with E-state index >= 15 is 4.79 Å². The molecule has 0 aliphatic carbocycles. The highest BCUT2D eigenvalue weighted by atomic mass is 35.5. The maximum Gasteiger partial charge on any atom is 0.352 e. The number of aromatic nitrogens is 4. The molecule has 0 bridgehead atoms. The molecule has 1 aliphatic heterocycles. The van der Waals surface area contributed by atoms with Crippen molar-refractivity contribution in [3.8, 4) is 16.9 Å². The smallest absolute Gasteiger partial charge is 0.352 e. The number of anilines is 1. The largest absolute Gasteiger partial charge is 0.494 e. The van der Waals surface area contributed by atoms with Gasteiger partial charge < -0.3 is 28.6 Å². The zero-order valence-electron chi connectivity index (χ0n) is 31.2. The second kappa shape index (κ2) is 13.9. The Bertz CT molecular complexity index is 2450. The molecule has 1 N–H and O–H groups in total. The SMILES string of the molecule is COCc1cc(N2C[C@@H](C)n3c(c(CCCOc4cc(C)c(Cl)c(C)c4)c4ccc(Cl)c(-c5c(C)nn(C)c5C)c43)C2=O)c2c(c1)cc(C(=O)O)n2C. The van der Waals surface area contributed by atoms with Crippen molar-refractivity contribution < 1.29 is 24.2 Å². The van der Waals surface area contributed by atoms with Gasteiger partial charge >= 0.3 is 5.97 Å². The number of nitrogens with zero attached hydrogens (tertiary/aromatic N) is 5. The maximum atomic E-state index is 15.2. The molecule has 0 saturated carbocycles. The first-order valence-corrected chi connectivity index (χ1v) is 18.4. The standard InChI is InChI=1S/C41H43Cl2N5O5/c1-21-14-28(15-22(2)36(21)43)53-13-9-10-29-30-11-12-31(42)35(34-24(4)44-46(7)25(34)5)38(30)48-23(3)19-47(40(49)39(29)48)32-17-26(20-52-8)16-27-18-33(41(50)51)45(6)37(27)32/h11-12,14-18,23H,9-10,13,19-20H2,1-8H3,(H,50,51)/t23-/m1/s1. The molecule has 6 aromatic rings. The summed E-state index contributed by atoms with van der Waals surface area (Å²) in [6.07, 6.45) is 1.21. The normalized spacial score (nSPS) is 14.5. The molecular weight excluding hydrogens is 713 g/mol. The van der Waals surface area contributed by atoms with E-state index in [9.17, 15) is 9.90 Å². The Morgan fingerprint density at radius 3 is 2.36 bits per heavy atom. The molecule has 0 fully saturated rings. The molecule has 3 aromatic heterocycles. The van der Waals surface area contributed by atoms with Gasteiger partial charge in [0.15, 0.2) is 0 Å². The number of fused-ring (bicyclic) bond motifs is 4. The van der Waals surface area contributed by atoms with Gasteiger partial charge in [0, 0.05) is 66.4 Å². The van der Waals surface area contributed by atoms with Crippen LogP contribution in [-0.4, -0.2) is 56.2 Å². The number of ether oxygens (including phenoxy) is 2. The summed E-state index contributed by atoms with van der Waals surface area (Å²) in [6.45, 7) is 11.1. The molecule has 1 aliphatic rings. The predicted molar refractivity (Wildman–Crippen MR) is 210 cm³/mol. The topological polar surface area (TPSA) is 104 Å². The highest BCUT2D eigenvalue weighted by Gasteiger charge is 2.38. The van der Waals surface area contributed by atoms with Crippen LogP contribution in [0.3, 0.4) is 0 Å². The molecular formula is C41H43Cl2N5O5. The number of carboxylic acid groups (broad SMARTS) is 1. The summed E-state index contributed by atoms with van der Waals surface area (Å²) < 4.78 is 17.4. The van der Waals surface area contributed by atoms with Crippen molar-refractivity contribution in [1.82, 2.24) is 18.9 Å². The first kappa shape index (κ1) is 36.6. The van der Waals surface area contributed by atoms with E-state index in [1.54, 1.807) is 29.7 Å². The van der Waals surface area contributed by atoms with E-state index in [1.807, 2.05) is 75.8 Å². The Labute approximate surface area is 318 Å². The zero-order valence-corrected chi connectivity index (χ0v) is 32.7. The number of aryl methyl sites for hydroxylation is 6. The van der Waals surface area contributed by atoms with Crippen molar-refractivity contribution in [3.63, 3.8) is 0 Å². The number of carboxylic acids is 1. The van der Waals surface area contributed by atoms with Gasteiger partial charge in [0.25, 0.3) is 5.91 Å². The number of carbonyl (C=O) groups excluding carboxylic acids is 1. The third kappa shape index (κ3) is 6.06. The van der Waals surface area contributed by atoms with Crippen molar-refractivity contribution in [3.05, 3.63) is 97.5 Å². The molecule has 0 radical (unpaired) electrons. The van der Waals surface area contributed by atoms with Gasteiger partial charge in [0.1, 0.15) is 17.1 Å². The van der Waals surface area contributed by atoms with Crippen molar-refractivity contribution in [2.45, 2.75) is 60.1 Å². The van der Waals surface area contributed by atoms with E-state index in [4.69, 9.17) is 37.8 Å². The Balaban J connectivity index is 1.40. The number of methoxy groups -OCH3 is 1. The fourth-order valence-corrected chi connectivity index (χ4v) is 8.50. The molecule has 0 saturated heterocycles. The van der Waals surface area contributed by atoms with E-state index in [2.05, 4.69) is 11.5 Å². The van der Waals surface area contributed by atoms with Crippen LogP contribution in [0.5, 0.6) is 5.75 Å². The monoisotopic (exact) mass is 755 g/mol. The third-order valence-corrected chi connectivity index (χ3v) is 11.5. The van der Waals surface area contributed by atoms with Crippen molar-refractivity contribution in [1.29, 1.82) is 0 Å². The van der Waals surface area contributed by atoms with Crippen LogP contribution >= 0.6 is 23.2 Å². The van der Waals surface area contributed by atoms with Crippen LogP contribution in [0.15, 0.2) is 42.5 Å². The molecule has 1 atom stereocenters. The van der Waals surface area contributed by atoms with Gasteiger partial charge in [-0.2, -0.15) is 5.10 Å². The van der Waals surface area contributed by atoms with Crippen molar-refractivity contribution in [2.75, 3.05) is 25.2 Å². The highest BCUT2D eigenvalue weighted by Crippen LogP contribution is 2.46. The van der Waals surface area contributed by atoms with Gasteiger partial charge in [-0.1, -0.05) is 29.3 Å². The Hall–Kier alpha value is -4.77. The fourth-order valence-electron chi connectivity index (χ4n) is 8.14. The van der Waals surface area contributed by atoms with Crippen LogP contribution in [0.1, 0.15) is 74.0 Å². The van der Waals surface area contributed by atoms with E-state index in [0.717, 1.165) is 71.8 Å². The zero-order chi connectivity index (χ0) is 38.0. The van der Waals surface area contributed by atoms with Gasteiger partial charge in [-0.15, -0.1) is 0 Å². The number of carbonyl (C=O) groups is 2. The Morgan fingerprint density at radius 1 is 1.00 bits per heavy atom. The summed E-state index contributed by atoms with van der Waals surface area (Å²) in [5.74, 6) is -0.459. The van der Waals surface area contributed by atoms with Crippen molar-refractivity contribution >= 4 is 62.6 Å². The summed E-state index contributed by atoms with van der Waals surface area (Å²) in [7, 11) is 5.26. The summed E-state index contributed by atoms with van der Waals surface area (Å²) in [4.78, 5) is 29.2. The average molecular weight is 757 g/mol. The quantitative estimate of drug-likeness (QED) is 0.140. The lowest BCUT2D eigenvalue weighted by molar-refractivity contribution is 0.0687. The number of aromatic carboxylic acids is 1. The maximum absolute atomic E-state index is 15.2. The Morgan fingerprint density at radius 2 is 1.72 bits per heavy atom. The molecule has 1 amide bonds. The van der Waals surface area contributed by atoms with Crippen LogP contribution in [0.4, 0.5) is 5.69 Å². The minimum atomic E-state index is -1.04. The molecule has 10 nitrogen and oxygen atoms in total. The van der Waals surface area contributed by atoms with Gasteiger partial charge in [-0.05, 0) is 106 Å². The van der Waals surface area contributed by atoms with Gasteiger partial charge in [-0.3, -0.25) is 9.48 Å². The first-order chi connectivity index (χ1) is 25.2. The summed E-state index contributed by atoms with van der Waals surface area (Å²) in [5.41, 5.74) is 10.2. The Kier molecular flexibility index (Phi) is 9.59. The summed E-state index contributed by atoms with van der Waals surface area (Å²) >= 11 is 13.5. The number of halogens is 2. The van der Waals surface area contributed by atoms with E-state index < -0.39 is 5.97 Å². The lowest BCUT2D eigenvalue weighted by Gasteiger charge is -2.35. The third-order valence-electron chi connectivity index (χ3n) is 10.6. The van der Waals surface area contributed by atoms with Crippen LogP contribution in [0.25, 0.3) is 32.9 Å². The number of amides is 1. The minimum Gasteiger partial charge on any atom is -0.494 e. The van der Waals surface area contributed by atoms with Gasteiger partial charge in [-0.25, -0.2) is 4.79 Å². The summed E-state index contributed by atoms with van der Waals surface area (Å²) in [6, 6.07) is 13.2. The fraction of sp³-hybridized carbons (Fsp3) is 0.341. The van der Waals surface area contributed by atoms with Crippen LogP contribution in [0.2, 0.25) is 10.0 Å². The molecule has 0 unspecified atom stereocenters. The first-order valence-electron chi connectivity index (χ1n) is 17.6. The minimum absolute atomic E-state index is 0.135. The lowest BCUT2D eigenvalue weighted by atomic mass is 9.98. The van der Waals surface area contributed by atoms with Crippen LogP contribution < -0.4 is 9.64 Å². The molecule has 7 rings (SSSR count).